The van der Waals surface area contributed by atoms with Crippen molar-refractivity contribution in [1.29, 1.82) is 0 Å². The van der Waals surface area contributed by atoms with E-state index in [2.05, 4.69) is 84.9 Å². The molecule has 0 radical (unpaired) electrons. The van der Waals surface area contributed by atoms with Crippen LogP contribution in [0.4, 0.5) is 0 Å². The summed E-state index contributed by atoms with van der Waals surface area (Å²) in [5, 5.41) is 0. The van der Waals surface area contributed by atoms with Gasteiger partial charge in [-0.25, -0.2) is 0 Å². The SMILES string of the molecule is c1ccc(C2CCC(c3ccccc3)c3ccccc32)cc1. The van der Waals surface area contributed by atoms with Crippen LogP contribution in [0.5, 0.6) is 0 Å². The summed E-state index contributed by atoms with van der Waals surface area (Å²) in [7, 11) is 0. The highest BCUT2D eigenvalue weighted by atomic mass is 14.3. The monoisotopic (exact) mass is 284 g/mol. The fraction of sp³-hybridized carbons (Fsp3) is 0.182. The predicted molar refractivity (Wildman–Crippen MR) is 92.2 cm³/mol. The molecule has 0 saturated carbocycles. The lowest BCUT2D eigenvalue weighted by Gasteiger charge is -2.32. The standard InChI is InChI=1S/C22H20/c1-3-9-17(10-4-1)19-15-16-20(18-11-5-2-6-12-18)22-14-8-7-13-21(19)22/h1-14,19-20H,15-16H2. The third-order valence-corrected chi connectivity index (χ3v) is 4.89. The molecule has 1 aliphatic carbocycles. The maximum atomic E-state index is 2.32. The fourth-order valence-corrected chi connectivity index (χ4v) is 3.85. The Morgan fingerprint density at radius 3 is 1.23 bits per heavy atom. The summed E-state index contributed by atoms with van der Waals surface area (Å²) in [5.41, 5.74) is 5.91. The van der Waals surface area contributed by atoms with Gasteiger partial charge in [-0.3, -0.25) is 0 Å². The average Bonchev–Trinajstić information content (AvgIpc) is 2.62. The Balaban J connectivity index is 1.79. The molecule has 0 saturated heterocycles. The van der Waals surface area contributed by atoms with Crippen LogP contribution in [-0.2, 0) is 0 Å². The summed E-state index contributed by atoms with van der Waals surface area (Å²) in [4.78, 5) is 0. The largest absolute Gasteiger partial charge is 0.0622 e. The molecule has 3 aromatic rings. The van der Waals surface area contributed by atoms with Gasteiger partial charge in [0.25, 0.3) is 0 Å². The molecule has 22 heavy (non-hydrogen) atoms. The van der Waals surface area contributed by atoms with Gasteiger partial charge in [-0.15, -0.1) is 0 Å². The Morgan fingerprint density at radius 1 is 0.455 bits per heavy atom. The minimum atomic E-state index is 0.539. The average molecular weight is 284 g/mol. The Hall–Kier alpha value is -2.34. The number of hydrogen-bond donors (Lipinski definition) is 0. The Kier molecular flexibility index (Phi) is 3.52. The van der Waals surface area contributed by atoms with Crippen LogP contribution < -0.4 is 0 Å². The smallest absolute Gasteiger partial charge is 0.00926 e. The van der Waals surface area contributed by atoms with E-state index in [4.69, 9.17) is 0 Å². The number of fused-ring (bicyclic) bond motifs is 1. The van der Waals surface area contributed by atoms with Crippen molar-refractivity contribution in [2.45, 2.75) is 24.7 Å². The van der Waals surface area contributed by atoms with Crippen molar-refractivity contribution < 1.29 is 0 Å². The number of hydrogen-bond acceptors (Lipinski definition) is 0. The van der Waals surface area contributed by atoms with Crippen LogP contribution >= 0.6 is 0 Å². The zero-order chi connectivity index (χ0) is 14.8. The lowest BCUT2D eigenvalue weighted by Crippen LogP contribution is -2.16. The van der Waals surface area contributed by atoms with Crippen LogP contribution in [0.15, 0.2) is 84.9 Å². The Labute approximate surface area is 132 Å². The third-order valence-electron chi connectivity index (χ3n) is 4.89. The van der Waals surface area contributed by atoms with E-state index in [0.29, 0.717) is 11.8 Å². The molecular weight excluding hydrogens is 264 g/mol. The maximum absolute atomic E-state index is 2.32. The van der Waals surface area contributed by atoms with Crippen LogP contribution in [0.25, 0.3) is 0 Å². The minimum absolute atomic E-state index is 0.539. The first-order valence-electron chi connectivity index (χ1n) is 8.12. The van der Waals surface area contributed by atoms with Crippen molar-refractivity contribution in [2.75, 3.05) is 0 Å². The molecule has 0 amide bonds. The highest BCUT2D eigenvalue weighted by Gasteiger charge is 2.28. The molecule has 4 rings (SSSR count). The topological polar surface area (TPSA) is 0 Å². The van der Waals surface area contributed by atoms with Crippen LogP contribution in [0.3, 0.4) is 0 Å². The van der Waals surface area contributed by atoms with Gasteiger partial charge in [-0.1, -0.05) is 84.9 Å². The zero-order valence-corrected chi connectivity index (χ0v) is 12.7. The molecule has 0 heteroatoms. The molecular formula is C22H20. The summed E-state index contributed by atoms with van der Waals surface area (Å²) >= 11 is 0. The van der Waals surface area contributed by atoms with Crippen LogP contribution in [0, 0.1) is 0 Å². The highest BCUT2D eigenvalue weighted by Crippen LogP contribution is 2.44. The van der Waals surface area contributed by atoms with Crippen LogP contribution in [0.2, 0.25) is 0 Å². The summed E-state index contributed by atoms with van der Waals surface area (Å²) in [6.07, 6.45) is 2.45. The van der Waals surface area contributed by atoms with Crippen molar-refractivity contribution in [3.63, 3.8) is 0 Å². The molecule has 0 spiro atoms. The van der Waals surface area contributed by atoms with Gasteiger partial charge >= 0.3 is 0 Å². The second kappa shape index (κ2) is 5.81. The molecule has 2 unspecified atom stereocenters. The van der Waals surface area contributed by atoms with E-state index in [1.807, 2.05) is 0 Å². The lowest BCUT2D eigenvalue weighted by atomic mass is 9.72. The van der Waals surface area contributed by atoms with Gasteiger partial charge in [0.2, 0.25) is 0 Å². The van der Waals surface area contributed by atoms with Crippen LogP contribution in [-0.4, -0.2) is 0 Å². The molecule has 0 aliphatic heterocycles. The zero-order valence-electron chi connectivity index (χ0n) is 12.7. The highest BCUT2D eigenvalue weighted by molar-refractivity contribution is 5.45. The molecule has 0 heterocycles. The second-order valence-corrected chi connectivity index (χ2v) is 6.13. The van der Waals surface area contributed by atoms with Gasteiger partial charge in [-0.05, 0) is 35.1 Å². The van der Waals surface area contributed by atoms with E-state index in [1.54, 1.807) is 0 Å². The first kappa shape index (κ1) is 13.3. The molecule has 2 atom stereocenters. The summed E-state index contributed by atoms with van der Waals surface area (Å²) in [6.45, 7) is 0. The summed E-state index contributed by atoms with van der Waals surface area (Å²) < 4.78 is 0. The van der Waals surface area contributed by atoms with Gasteiger partial charge in [0.1, 0.15) is 0 Å². The van der Waals surface area contributed by atoms with Crippen molar-refractivity contribution >= 4 is 0 Å². The lowest BCUT2D eigenvalue weighted by molar-refractivity contribution is 0.565. The molecule has 0 aromatic heterocycles. The molecule has 0 nitrogen and oxygen atoms in total. The molecule has 3 aromatic carbocycles. The normalized spacial score (nSPS) is 20.4. The Morgan fingerprint density at radius 2 is 0.818 bits per heavy atom. The fourth-order valence-electron chi connectivity index (χ4n) is 3.85. The van der Waals surface area contributed by atoms with Crippen molar-refractivity contribution in [3.8, 4) is 0 Å². The summed E-state index contributed by atoms with van der Waals surface area (Å²) in [5.74, 6) is 1.08. The number of rotatable bonds is 2. The molecule has 0 N–H and O–H groups in total. The van der Waals surface area contributed by atoms with Gasteiger partial charge in [-0.2, -0.15) is 0 Å². The van der Waals surface area contributed by atoms with Crippen LogP contribution in [0.1, 0.15) is 46.9 Å². The van der Waals surface area contributed by atoms with E-state index < -0.39 is 0 Å². The maximum Gasteiger partial charge on any atom is 0.00926 e. The second-order valence-electron chi connectivity index (χ2n) is 6.13. The first-order valence-corrected chi connectivity index (χ1v) is 8.12. The van der Waals surface area contributed by atoms with Gasteiger partial charge < -0.3 is 0 Å². The van der Waals surface area contributed by atoms with E-state index in [0.717, 1.165) is 0 Å². The van der Waals surface area contributed by atoms with E-state index in [1.165, 1.54) is 35.1 Å². The van der Waals surface area contributed by atoms with Gasteiger partial charge in [0.15, 0.2) is 0 Å². The minimum Gasteiger partial charge on any atom is -0.0622 e. The van der Waals surface area contributed by atoms with Crippen molar-refractivity contribution in [2.24, 2.45) is 0 Å². The first-order chi connectivity index (χ1) is 10.9. The predicted octanol–water partition coefficient (Wildman–Crippen LogP) is 5.74. The number of benzene rings is 3. The van der Waals surface area contributed by atoms with E-state index in [-0.39, 0.29) is 0 Å². The quantitative estimate of drug-likeness (QED) is 0.562. The molecule has 1 aliphatic rings. The van der Waals surface area contributed by atoms with Crippen molar-refractivity contribution in [1.82, 2.24) is 0 Å². The molecule has 0 fully saturated rings. The van der Waals surface area contributed by atoms with Gasteiger partial charge in [0, 0.05) is 11.8 Å². The van der Waals surface area contributed by atoms with E-state index in [9.17, 15) is 0 Å². The third kappa shape index (κ3) is 2.35. The Bertz CT molecular complexity index is 677. The summed E-state index contributed by atoms with van der Waals surface area (Å²) in [6, 6.07) is 30.9. The molecule has 108 valence electrons. The van der Waals surface area contributed by atoms with E-state index >= 15 is 0 Å². The molecule has 0 bridgehead atoms. The van der Waals surface area contributed by atoms with Gasteiger partial charge in [0.05, 0.1) is 0 Å². The van der Waals surface area contributed by atoms with Crippen molar-refractivity contribution in [3.05, 3.63) is 107 Å².